The topological polar surface area (TPSA) is 78.4 Å². The Hall–Kier alpha value is -1.67. The van der Waals surface area contributed by atoms with Gasteiger partial charge < -0.3 is 10.5 Å². The third kappa shape index (κ3) is 4.18. The normalized spacial score (nSPS) is 13.3. The number of nitrogens with two attached hydrogens (primary N) is 1. The SMILES string of the molecule is COCC(N)Cc1ccc([N+](=O)[O-])cc1C(F)(F)F. The fourth-order valence-corrected chi connectivity index (χ4v) is 1.68. The first-order valence-corrected chi connectivity index (χ1v) is 5.34. The van der Waals surface area contributed by atoms with Crippen molar-refractivity contribution in [2.24, 2.45) is 5.73 Å². The van der Waals surface area contributed by atoms with Gasteiger partial charge >= 0.3 is 6.18 Å². The molecule has 0 aliphatic carbocycles. The molecule has 0 radical (unpaired) electrons. The zero-order chi connectivity index (χ0) is 14.6. The van der Waals surface area contributed by atoms with Crippen LogP contribution in [0.25, 0.3) is 0 Å². The Morgan fingerprint density at radius 3 is 2.58 bits per heavy atom. The van der Waals surface area contributed by atoms with Crippen molar-refractivity contribution in [3.63, 3.8) is 0 Å². The molecule has 19 heavy (non-hydrogen) atoms. The molecule has 5 nitrogen and oxygen atoms in total. The number of methoxy groups -OCH3 is 1. The van der Waals surface area contributed by atoms with Crippen molar-refractivity contribution >= 4 is 5.69 Å². The van der Waals surface area contributed by atoms with Gasteiger partial charge in [-0.15, -0.1) is 0 Å². The summed E-state index contributed by atoms with van der Waals surface area (Å²) in [5, 5.41) is 10.5. The summed E-state index contributed by atoms with van der Waals surface area (Å²) < 4.78 is 43.2. The summed E-state index contributed by atoms with van der Waals surface area (Å²) in [4.78, 5) is 9.64. The maximum Gasteiger partial charge on any atom is 0.416 e. The van der Waals surface area contributed by atoms with Crippen molar-refractivity contribution in [3.8, 4) is 0 Å². The minimum atomic E-state index is -4.66. The van der Waals surface area contributed by atoms with Crippen molar-refractivity contribution in [1.82, 2.24) is 0 Å². The van der Waals surface area contributed by atoms with Crippen LogP contribution in [0, 0.1) is 10.1 Å². The Kier molecular flexibility index (Phi) is 4.84. The Bertz CT molecular complexity index is 463. The van der Waals surface area contributed by atoms with Crippen molar-refractivity contribution in [3.05, 3.63) is 39.4 Å². The maximum absolute atomic E-state index is 12.8. The number of non-ortho nitro benzene ring substituents is 1. The van der Waals surface area contributed by atoms with E-state index in [-0.39, 0.29) is 18.6 Å². The van der Waals surface area contributed by atoms with Gasteiger partial charge in [-0.3, -0.25) is 10.1 Å². The summed E-state index contributed by atoms with van der Waals surface area (Å²) in [5.41, 5.74) is 3.88. The molecule has 1 aromatic carbocycles. The molecule has 1 atom stereocenters. The summed E-state index contributed by atoms with van der Waals surface area (Å²) in [6.45, 7) is 0.105. The number of rotatable bonds is 5. The van der Waals surface area contributed by atoms with Crippen LogP contribution in [0.2, 0.25) is 0 Å². The first-order valence-electron chi connectivity index (χ1n) is 5.34. The minimum absolute atomic E-state index is 0.0688. The Morgan fingerprint density at radius 1 is 1.47 bits per heavy atom. The van der Waals surface area contributed by atoms with Gasteiger partial charge in [0.1, 0.15) is 0 Å². The van der Waals surface area contributed by atoms with Gasteiger partial charge in [0.2, 0.25) is 0 Å². The Morgan fingerprint density at radius 2 is 2.11 bits per heavy atom. The lowest BCUT2D eigenvalue weighted by atomic mass is 9.99. The van der Waals surface area contributed by atoms with Gasteiger partial charge in [0, 0.05) is 25.3 Å². The zero-order valence-electron chi connectivity index (χ0n) is 10.1. The van der Waals surface area contributed by atoms with Gasteiger partial charge in [-0.2, -0.15) is 13.2 Å². The fourth-order valence-electron chi connectivity index (χ4n) is 1.68. The average Bonchev–Trinajstić information content (AvgIpc) is 2.27. The lowest BCUT2D eigenvalue weighted by Gasteiger charge is -2.15. The lowest BCUT2D eigenvalue weighted by molar-refractivity contribution is -0.385. The van der Waals surface area contributed by atoms with E-state index in [4.69, 9.17) is 10.5 Å². The summed E-state index contributed by atoms with van der Waals surface area (Å²) in [6, 6.07) is 2.03. The molecule has 0 amide bonds. The van der Waals surface area contributed by atoms with Crippen LogP contribution in [0.15, 0.2) is 18.2 Å². The number of hydrogen-bond donors (Lipinski definition) is 1. The number of nitro benzene ring substituents is 1. The number of benzene rings is 1. The highest BCUT2D eigenvalue weighted by atomic mass is 19.4. The molecule has 0 spiro atoms. The van der Waals surface area contributed by atoms with E-state index in [0.717, 1.165) is 12.1 Å². The summed E-state index contributed by atoms with van der Waals surface area (Å²) in [5.74, 6) is 0. The largest absolute Gasteiger partial charge is 0.416 e. The number of hydrogen-bond acceptors (Lipinski definition) is 4. The molecule has 0 aromatic heterocycles. The first-order chi connectivity index (χ1) is 8.75. The highest BCUT2D eigenvalue weighted by Crippen LogP contribution is 2.34. The van der Waals surface area contributed by atoms with Crippen LogP contribution in [-0.4, -0.2) is 24.7 Å². The highest BCUT2D eigenvalue weighted by molar-refractivity contribution is 5.41. The van der Waals surface area contributed by atoms with E-state index in [0.29, 0.717) is 6.07 Å². The highest BCUT2D eigenvalue weighted by Gasteiger charge is 2.35. The third-order valence-corrected chi connectivity index (χ3v) is 2.47. The molecule has 106 valence electrons. The minimum Gasteiger partial charge on any atom is -0.383 e. The number of nitro groups is 1. The molecule has 1 aromatic rings. The van der Waals surface area contributed by atoms with Crippen LogP contribution in [0.1, 0.15) is 11.1 Å². The monoisotopic (exact) mass is 278 g/mol. The molecule has 2 N–H and O–H groups in total. The number of ether oxygens (including phenoxy) is 1. The quantitative estimate of drug-likeness (QED) is 0.661. The second kappa shape index (κ2) is 5.98. The lowest BCUT2D eigenvalue weighted by Crippen LogP contribution is -2.29. The van der Waals surface area contributed by atoms with E-state index in [2.05, 4.69) is 0 Å². The van der Waals surface area contributed by atoms with Crippen LogP contribution in [0.3, 0.4) is 0 Å². The molecule has 0 fully saturated rings. The Balaban J connectivity index is 3.13. The number of halogens is 3. The second-order valence-corrected chi connectivity index (χ2v) is 4.02. The summed E-state index contributed by atoms with van der Waals surface area (Å²) in [7, 11) is 1.39. The first kappa shape index (κ1) is 15.4. The maximum atomic E-state index is 12.8. The smallest absolute Gasteiger partial charge is 0.383 e. The van der Waals surface area contributed by atoms with Crippen molar-refractivity contribution < 1.29 is 22.8 Å². The molecule has 1 unspecified atom stereocenters. The second-order valence-electron chi connectivity index (χ2n) is 4.02. The van der Waals surface area contributed by atoms with E-state index in [1.165, 1.54) is 7.11 Å². The summed E-state index contributed by atoms with van der Waals surface area (Å²) in [6.07, 6.45) is -4.73. The van der Waals surface area contributed by atoms with E-state index in [9.17, 15) is 23.3 Å². The van der Waals surface area contributed by atoms with E-state index in [1.807, 2.05) is 0 Å². The van der Waals surface area contributed by atoms with Crippen molar-refractivity contribution in [2.45, 2.75) is 18.6 Å². The molecule has 0 heterocycles. The van der Waals surface area contributed by atoms with Gasteiger partial charge in [0.25, 0.3) is 5.69 Å². The third-order valence-electron chi connectivity index (χ3n) is 2.47. The number of alkyl halides is 3. The van der Waals surface area contributed by atoms with E-state index in [1.54, 1.807) is 0 Å². The standard InChI is InChI=1S/C11H13F3N2O3/c1-19-6-8(15)4-7-2-3-9(16(17)18)5-10(7)11(12,13)14/h2-3,5,8H,4,6,15H2,1H3. The van der Waals surface area contributed by atoms with E-state index >= 15 is 0 Å². The van der Waals surface area contributed by atoms with Crippen LogP contribution in [-0.2, 0) is 17.3 Å². The number of nitrogens with zero attached hydrogens (tertiary/aromatic N) is 1. The molecular formula is C11H13F3N2O3. The molecule has 0 aliphatic heterocycles. The van der Waals surface area contributed by atoms with Crippen LogP contribution < -0.4 is 5.73 Å². The molecule has 0 saturated heterocycles. The predicted molar refractivity (Wildman–Crippen MR) is 61.7 cm³/mol. The Labute approximate surface area is 107 Å². The van der Waals surface area contributed by atoms with Crippen molar-refractivity contribution in [1.29, 1.82) is 0 Å². The zero-order valence-corrected chi connectivity index (χ0v) is 10.1. The molecular weight excluding hydrogens is 265 g/mol. The molecule has 0 aliphatic rings. The molecule has 0 saturated carbocycles. The summed E-state index contributed by atoms with van der Waals surface area (Å²) >= 11 is 0. The van der Waals surface area contributed by atoms with Gasteiger partial charge in [0.05, 0.1) is 17.1 Å². The molecule has 8 heteroatoms. The van der Waals surface area contributed by atoms with Crippen LogP contribution >= 0.6 is 0 Å². The van der Waals surface area contributed by atoms with Gasteiger partial charge in [-0.1, -0.05) is 6.07 Å². The van der Waals surface area contributed by atoms with Crippen LogP contribution in [0.4, 0.5) is 18.9 Å². The van der Waals surface area contributed by atoms with Crippen molar-refractivity contribution in [2.75, 3.05) is 13.7 Å². The predicted octanol–water partition coefficient (Wildman–Crippen LogP) is 2.13. The van der Waals surface area contributed by atoms with Crippen LogP contribution in [0.5, 0.6) is 0 Å². The van der Waals surface area contributed by atoms with Gasteiger partial charge in [-0.25, -0.2) is 0 Å². The van der Waals surface area contributed by atoms with Gasteiger partial charge in [-0.05, 0) is 12.0 Å². The van der Waals surface area contributed by atoms with Gasteiger partial charge in [0.15, 0.2) is 0 Å². The molecule has 0 bridgehead atoms. The average molecular weight is 278 g/mol. The molecule has 1 rings (SSSR count). The fraction of sp³-hybridized carbons (Fsp3) is 0.455. The van der Waals surface area contributed by atoms with E-state index < -0.39 is 28.4 Å².